The zero-order valence-electron chi connectivity index (χ0n) is 5.74. The van der Waals surface area contributed by atoms with Gasteiger partial charge >= 0.3 is 0 Å². The Kier molecular flexibility index (Phi) is 2.23. The normalized spacial score (nSPS) is 11.6. The molecule has 0 saturated heterocycles. The Morgan fingerprint density at radius 3 is 2.64 bits per heavy atom. The second-order valence-electron chi connectivity index (χ2n) is 2.15. The van der Waals surface area contributed by atoms with Gasteiger partial charge in [-0.25, -0.2) is 4.98 Å². The zero-order valence-corrected chi connectivity index (χ0v) is 7.32. The lowest BCUT2D eigenvalue weighted by Crippen LogP contribution is -2.09. The van der Waals surface area contributed by atoms with Crippen LogP contribution in [0.15, 0.2) is 16.7 Å². The van der Waals surface area contributed by atoms with Crippen molar-refractivity contribution in [2.45, 2.75) is 12.8 Å². The molecule has 0 aliphatic heterocycles. The summed E-state index contributed by atoms with van der Waals surface area (Å²) in [4.78, 5) is 3.56. The molecule has 0 unspecified atom stereocenters. The fraction of sp³-hybridized carbons (Fsp3) is 0.286. The Labute approximate surface area is 71.6 Å². The van der Waals surface area contributed by atoms with E-state index in [9.17, 15) is 8.78 Å². The van der Waals surface area contributed by atoms with Gasteiger partial charge in [-0.2, -0.15) is 8.78 Å². The number of aromatic nitrogens is 1. The van der Waals surface area contributed by atoms with Crippen LogP contribution in [0.25, 0.3) is 0 Å². The Bertz CT molecular complexity index is 257. The maximum atomic E-state index is 12.5. The van der Waals surface area contributed by atoms with Crippen molar-refractivity contribution in [2.75, 3.05) is 0 Å². The van der Waals surface area contributed by atoms with Gasteiger partial charge in [-0.1, -0.05) is 0 Å². The van der Waals surface area contributed by atoms with E-state index >= 15 is 0 Å². The summed E-state index contributed by atoms with van der Waals surface area (Å²) in [5.41, 5.74) is -0.247. The van der Waals surface area contributed by atoms with E-state index < -0.39 is 5.92 Å². The molecule has 1 aromatic heterocycles. The zero-order chi connectivity index (χ0) is 8.48. The highest BCUT2D eigenvalue weighted by molar-refractivity contribution is 9.10. The summed E-state index contributed by atoms with van der Waals surface area (Å²) in [6.45, 7) is 0.807. The number of nitrogens with zero attached hydrogens (tertiary/aromatic N) is 1. The summed E-state index contributed by atoms with van der Waals surface area (Å²) >= 11 is 2.95. The summed E-state index contributed by atoms with van der Waals surface area (Å²) in [6, 6.07) is 5.26. The maximum Gasteiger partial charge on any atom is 0.287 e. The fourth-order valence-electron chi connectivity index (χ4n) is 0.609. The lowest BCUT2D eigenvalue weighted by atomic mass is 10.2. The largest absolute Gasteiger partial charge is 0.287 e. The molecule has 0 amide bonds. The lowest BCUT2D eigenvalue weighted by molar-refractivity contribution is 0.0126. The van der Waals surface area contributed by atoms with E-state index in [-0.39, 0.29) is 5.69 Å². The molecular weight excluding hydrogens is 216 g/mol. The minimum absolute atomic E-state index is 0.247. The second-order valence-corrected chi connectivity index (χ2v) is 2.91. The van der Waals surface area contributed by atoms with E-state index in [2.05, 4.69) is 27.0 Å². The summed E-state index contributed by atoms with van der Waals surface area (Å²) in [6.07, 6.45) is 0. The van der Waals surface area contributed by atoms with Crippen LogP contribution in [0.4, 0.5) is 8.78 Å². The van der Waals surface area contributed by atoms with E-state index in [1.807, 2.05) is 0 Å². The number of rotatable bonds is 1. The highest BCUT2D eigenvalue weighted by atomic mass is 79.9. The molecule has 0 aliphatic rings. The third kappa shape index (κ3) is 2.22. The van der Waals surface area contributed by atoms with E-state index in [1.54, 1.807) is 0 Å². The maximum absolute atomic E-state index is 12.5. The van der Waals surface area contributed by atoms with Crippen molar-refractivity contribution in [2.24, 2.45) is 0 Å². The number of pyridine rings is 1. The fourth-order valence-corrected chi connectivity index (χ4v) is 0.932. The first-order valence-electron chi connectivity index (χ1n) is 2.92. The Balaban J connectivity index is 3.06. The summed E-state index contributed by atoms with van der Waals surface area (Å²) in [7, 11) is 0. The molecule has 0 saturated carbocycles. The smallest absolute Gasteiger partial charge is 0.239 e. The molecule has 0 bridgehead atoms. The van der Waals surface area contributed by atoms with Crippen LogP contribution in [0, 0.1) is 6.07 Å². The molecule has 0 aromatic carbocycles. The van der Waals surface area contributed by atoms with Gasteiger partial charge in [-0.15, -0.1) is 0 Å². The molecule has 1 radical (unpaired) electrons. The van der Waals surface area contributed by atoms with Gasteiger partial charge in [0.05, 0.1) is 0 Å². The van der Waals surface area contributed by atoms with Crippen molar-refractivity contribution in [3.05, 3.63) is 28.5 Å². The molecule has 0 spiro atoms. The van der Waals surface area contributed by atoms with Crippen molar-refractivity contribution in [1.29, 1.82) is 0 Å². The standard InChI is InChI=1S/C7H5BrF2N/c1-7(9,10)5-3-2-4-6(8)11-5/h2-3H,1H3. The van der Waals surface area contributed by atoms with E-state index in [4.69, 9.17) is 0 Å². The molecule has 0 fully saturated rings. The van der Waals surface area contributed by atoms with Gasteiger partial charge in [0.2, 0.25) is 0 Å². The van der Waals surface area contributed by atoms with Gasteiger partial charge in [0, 0.05) is 13.0 Å². The van der Waals surface area contributed by atoms with E-state index in [1.165, 1.54) is 12.1 Å². The van der Waals surface area contributed by atoms with Crippen LogP contribution < -0.4 is 0 Å². The molecular formula is C7H5BrF2N. The van der Waals surface area contributed by atoms with Crippen molar-refractivity contribution >= 4 is 15.9 Å². The summed E-state index contributed by atoms with van der Waals surface area (Å²) in [5.74, 6) is -2.88. The molecule has 11 heavy (non-hydrogen) atoms. The number of hydrogen-bond acceptors (Lipinski definition) is 1. The first-order valence-corrected chi connectivity index (χ1v) is 3.72. The van der Waals surface area contributed by atoms with Crippen molar-refractivity contribution in [3.63, 3.8) is 0 Å². The monoisotopic (exact) mass is 220 g/mol. The third-order valence-electron chi connectivity index (χ3n) is 1.11. The van der Waals surface area contributed by atoms with E-state index in [0.29, 0.717) is 4.60 Å². The van der Waals surface area contributed by atoms with E-state index in [0.717, 1.165) is 6.92 Å². The molecule has 0 atom stereocenters. The Morgan fingerprint density at radius 2 is 2.27 bits per heavy atom. The average Bonchev–Trinajstić information content (AvgIpc) is 1.86. The number of halogens is 3. The predicted molar refractivity (Wildman–Crippen MR) is 40.3 cm³/mol. The molecule has 4 heteroatoms. The van der Waals surface area contributed by atoms with Crippen LogP contribution in [0.5, 0.6) is 0 Å². The van der Waals surface area contributed by atoms with Crippen molar-refractivity contribution < 1.29 is 8.78 Å². The highest BCUT2D eigenvalue weighted by Crippen LogP contribution is 2.25. The molecule has 1 nitrogen and oxygen atoms in total. The van der Waals surface area contributed by atoms with Crippen LogP contribution >= 0.6 is 15.9 Å². The average molecular weight is 221 g/mol. The van der Waals surface area contributed by atoms with Crippen LogP contribution in [0.3, 0.4) is 0 Å². The van der Waals surface area contributed by atoms with Crippen LogP contribution in [0.2, 0.25) is 0 Å². The molecule has 1 aromatic rings. The number of alkyl halides is 2. The van der Waals surface area contributed by atoms with Gasteiger partial charge < -0.3 is 0 Å². The summed E-state index contributed by atoms with van der Waals surface area (Å²) in [5, 5.41) is 0. The first kappa shape index (κ1) is 8.59. The summed E-state index contributed by atoms with van der Waals surface area (Å²) < 4.78 is 25.4. The van der Waals surface area contributed by atoms with Gasteiger partial charge in [0.1, 0.15) is 10.3 Å². The molecule has 0 N–H and O–H groups in total. The van der Waals surface area contributed by atoms with Crippen molar-refractivity contribution in [3.8, 4) is 0 Å². The Morgan fingerprint density at radius 1 is 1.64 bits per heavy atom. The van der Waals surface area contributed by atoms with Crippen molar-refractivity contribution in [1.82, 2.24) is 4.98 Å². The Hall–Kier alpha value is -0.510. The minimum Gasteiger partial charge on any atom is -0.239 e. The molecule has 0 aliphatic carbocycles. The molecule has 1 heterocycles. The van der Waals surface area contributed by atoms with Gasteiger partial charge in [0.25, 0.3) is 5.92 Å². The van der Waals surface area contributed by atoms with Gasteiger partial charge in [-0.05, 0) is 28.1 Å². The SMILES string of the molecule is CC(F)(F)c1cc[c]c(Br)n1. The second kappa shape index (κ2) is 2.85. The quantitative estimate of drug-likeness (QED) is 0.664. The van der Waals surface area contributed by atoms with Crippen LogP contribution in [-0.4, -0.2) is 4.98 Å². The third-order valence-corrected chi connectivity index (χ3v) is 1.52. The number of hydrogen-bond donors (Lipinski definition) is 0. The van der Waals surface area contributed by atoms with Gasteiger partial charge in [-0.3, -0.25) is 0 Å². The van der Waals surface area contributed by atoms with Crippen LogP contribution in [-0.2, 0) is 5.92 Å². The van der Waals surface area contributed by atoms with Gasteiger partial charge in [0.15, 0.2) is 0 Å². The molecule has 59 valence electrons. The highest BCUT2D eigenvalue weighted by Gasteiger charge is 2.25. The lowest BCUT2D eigenvalue weighted by Gasteiger charge is -2.08. The molecule has 1 rings (SSSR count). The topological polar surface area (TPSA) is 12.9 Å². The van der Waals surface area contributed by atoms with Crippen LogP contribution in [0.1, 0.15) is 12.6 Å². The predicted octanol–water partition coefficient (Wildman–Crippen LogP) is 2.76. The minimum atomic E-state index is -2.88. The first-order chi connectivity index (χ1) is 5.00.